The van der Waals surface area contributed by atoms with Gasteiger partial charge in [0.1, 0.15) is 5.54 Å². The predicted molar refractivity (Wildman–Crippen MR) is 112 cm³/mol. The van der Waals surface area contributed by atoms with E-state index in [2.05, 4.69) is 23.2 Å². The Hall–Kier alpha value is -1.85. The lowest BCUT2D eigenvalue weighted by Gasteiger charge is -2.37. The van der Waals surface area contributed by atoms with E-state index < -0.39 is 17.7 Å². The number of rotatable bonds is 6. The highest BCUT2D eigenvalue weighted by Gasteiger charge is 2.43. The Balaban J connectivity index is 1.71. The van der Waals surface area contributed by atoms with Crippen molar-refractivity contribution in [1.29, 1.82) is 5.26 Å². The number of nitrogens with one attached hydrogen (secondary N) is 1. The molecule has 0 aromatic heterocycles. The highest BCUT2D eigenvalue weighted by Crippen LogP contribution is 2.40. The lowest BCUT2D eigenvalue weighted by Crippen LogP contribution is -2.54. The smallest absolute Gasteiger partial charge is 0.410 e. The first-order chi connectivity index (χ1) is 14.4. The fraction of sp³-hybridized carbons (Fsp3) is 0.864. The molecule has 0 spiro atoms. The van der Waals surface area contributed by atoms with Crippen LogP contribution in [0.2, 0.25) is 0 Å². The van der Waals surface area contributed by atoms with Crippen LogP contribution >= 0.6 is 0 Å². The number of ether oxygens (including phenoxy) is 2. The monoisotopic (exact) mass is 420 g/mol. The molecule has 168 valence electrons. The minimum atomic E-state index is -0.913. The Kier molecular flexibility index (Phi) is 7.59. The maximum absolute atomic E-state index is 13.3. The summed E-state index contributed by atoms with van der Waals surface area (Å²) in [5.74, 6) is -0.345. The van der Waals surface area contributed by atoms with Gasteiger partial charge in [-0.15, -0.1) is 0 Å². The van der Waals surface area contributed by atoms with Crippen LogP contribution < -0.4 is 5.32 Å². The zero-order valence-corrected chi connectivity index (χ0v) is 18.5. The van der Waals surface area contributed by atoms with Crippen molar-refractivity contribution in [3.05, 3.63) is 0 Å². The maximum Gasteiger partial charge on any atom is 0.410 e. The van der Waals surface area contributed by atoms with Gasteiger partial charge in [0.2, 0.25) is 0 Å². The molecule has 0 aromatic rings. The normalized spacial score (nSPS) is 27.8. The van der Waals surface area contributed by atoms with Crippen LogP contribution in [0.25, 0.3) is 0 Å². The third kappa shape index (κ3) is 5.64. The second kappa shape index (κ2) is 9.97. The molecule has 0 aromatic carbocycles. The Morgan fingerprint density at radius 3 is 2.47 bits per heavy atom. The van der Waals surface area contributed by atoms with Crippen LogP contribution in [0.15, 0.2) is 0 Å². The van der Waals surface area contributed by atoms with Gasteiger partial charge in [-0.2, -0.15) is 5.26 Å². The molecule has 2 atom stereocenters. The maximum atomic E-state index is 13.3. The molecule has 30 heavy (non-hydrogen) atoms. The van der Waals surface area contributed by atoms with Crippen LogP contribution in [-0.2, 0) is 14.3 Å². The standard InChI is InChI=1S/C22H36N4O4/c1-3-25-10-9-22(16-23,17-25)24-19(27)18(15-21(2)7-5-4-6-8-21)30-20(28)26-11-13-29-14-12-26/h18H,3-15,17H2,1-2H3,(H,24,27). The molecule has 2 heterocycles. The van der Waals surface area contributed by atoms with Crippen LogP contribution in [0.4, 0.5) is 4.79 Å². The Labute approximate surface area is 179 Å². The number of nitriles is 1. The summed E-state index contributed by atoms with van der Waals surface area (Å²) in [6.45, 7) is 8.26. The summed E-state index contributed by atoms with van der Waals surface area (Å²) < 4.78 is 11.1. The molecule has 3 fully saturated rings. The van der Waals surface area contributed by atoms with E-state index in [0.29, 0.717) is 45.7 Å². The molecule has 2 amide bonds. The zero-order chi connectivity index (χ0) is 21.6. The number of likely N-dealkylation sites (tertiary alicyclic amines) is 1. The lowest BCUT2D eigenvalue weighted by atomic mass is 9.72. The Bertz CT molecular complexity index is 652. The molecule has 2 saturated heterocycles. The average molecular weight is 421 g/mol. The van der Waals surface area contributed by atoms with Gasteiger partial charge in [0.15, 0.2) is 6.10 Å². The number of hydrogen-bond donors (Lipinski definition) is 1. The van der Waals surface area contributed by atoms with E-state index in [4.69, 9.17) is 9.47 Å². The molecule has 1 saturated carbocycles. The van der Waals surface area contributed by atoms with Gasteiger partial charge in [0, 0.05) is 26.2 Å². The summed E-state index contributed by atoms with van der Waals surface area (Å²) in [6, 6.07) is 2.32. The molecule has 8 heteroatoms. The third-order valence-electron chi connectivity index (χ3n) is 6.92. The molecule has 3 rings (SSSR count). The first-order valence-electron chi connectivity index (χ1n) is 11.4. The van der Waals surface area contributed by atoms with E-state index in [-0.39, 0.29) is 11.3 Å². The lowest BCUT2D eigenvalue weighted by molar-refractivity contribution is -0.133. The van der Waals surface area contributed by atoms with E-state index in [1.54, 1.807) is 4.90 Å². The molecule has 3 aliphatic rings. The molecule has 2 unspecified atom stereocenters. The summed E-state index contributed by atoms with van der Waals surface area (Å²) in [4.78, 5) is 29.8. The van der Waals surface area contributed by atoms with Crippen molar-refractivity contribution in [2.45, 2.75) is 70.4 Å². The predicted octanol–water partition coefficient (Wildman–Crippen LogP) is 2.29. The van der Waals surface area contributed by atoms with Gasteiger partial charge in [0.05, 0.1) is 19.3 Å². The van der Waals surface area contributed by atoms with Crippen molar-refractivity contribution in [3.63, 3.8) is 0 Å². The van der Waals surface area contributed by atoms with Gasteiger partial charge in [-0.05, 0) is 37.6 Å². The summed E-state index contributed by atoms with van der Waals surface area (Å²) in [7, 11) is 0. The largest absolute Gasteiger partial charge is 0.436 e. The van der Waals surface area contributed by atoms with Gasteiger partial charge in [0.25, 0.3) is 5.91 Å². The van der Waals surface area contributed by atoms with Crippen LogP contribution in [0.1, 0.15) is 58.8 Å². The SMILES string of the molecule is CCN1CCC(C#N)(NC(=O)C(CC2(C)CCCCC2)OC(=O)N2CCOCC2)C1. The second-order valence-corrected chi connectivity index (χ2v) is 9.35. The second-order valence-electron chi connectivity index (χ2n) is 9.35. The van der Waals surface area contributed by atoms with Crippen LogP contribution in [-0.4, -0.2) is 79.4 Å². The van der Waals surface area contributed by atoms with Crippen LogP contribution in [0.5, 0.6) is 0 Å². The molecular formula is C22H36N4O4. The molecular weight excluding hydrogens is 384 g/mol. The minimum absolute atomic E-state index is 0.0313. The summed E-state index contributed by atoms with van der Waals surface area (Å²) in [6.07, 6.45) is 5.27. The molecule has 2 aliphatic heterocycles. The molecule has 0 bridgehead atoms. The number of nitrogens with zero attached hydrogens (tertiary/aromatic N) is 3. The Morgan fingerprint density at radius 1 is 1.17 bits per heavy atom. The summed E-state index contributed by atoms with van der Waals surface area (Å²) in [5, 5.41) is 12.8. The highest BCUT2D eigenvalue weighted by atomic mass is 16.6. The molecule has 8 nitrogen and oxygen atoms in total. The molecule has 1 N–H and O–H groups in total. The van der Waals surface area contributed by atoms with Crippen molar-refractivity contribution in [2.24, 2.45) is 5.41 Å². The van der Waals surface area contributed by atoms with Gasteiger partial charge >= 0.3 is 6.09 Å². The summed E-state index contributed by atoms with van der Waals surface area (Å²) >= 11 is 0. The number of morpholine rings is 1. The van der Waals surface area contributed by atoms with Crippen molar-refractivity contribution in [1.82, 2.24) is 15.1 Å². The third-order valence-corrected chi connectivity index (χ3v) is 6.92. The van der Waals surface area contributed by atoms with Gasteiger partial charge in [-0.3, -0.25) is 4.79 Å². The quantitative estimate of drug-likeness (QED) is 0.708. The first kappa shape index (κ1) is 22.8. The fourth-order valence-corrected chi connectivity index (χ4v) is 4.88. The number of likely N-dealkylation sites (N-methyl/N-ethyl adjacent to an activating group) is 1. The molecule has 1 aliphatic carbocycles. The number of amides is 2. The number of carbonyl (C=O) groups is 2. The van der Waals surface area contributed by atoms with Crippen LogP contribution in [0, 0.1) is 16.7 Å². The number of carbonyl (C=O) groups excluding carboxylic acids is 2. The highest BCUT2D eigenvalue weighted by molar-refractivity contribution is 5.84. The van der Waals surface area contributed by atoms with Crippen molar-refractivity contribution < 1.29 is 19.1 Å². The topological polar surface area (TPSA) is 94.9 Å². The average Bonchev–Trinajstić information content (AvgIpc) is 3.18. The van der Waals surface area contributed by atoms with Gasteiger partial charge < -0.3 is 24.6 Å². The van der Waals surface area contributed by atoms with E-state index in [9.17, 15) is 14.9 Å². The van der Waals surface area contributed by atoms with Crippen molar-refractivity contribution in [2.75, 3.05) is 45.9 Å². The van der Waals surface area contributed by atoms with Crippen LogP contribution in [0.3, 0.4) is 0 Å². The number of hydrogen-bond acceptors (Lipinski definition) is 6. The van der Waals surface area contributed by atoms with E-state index >= 15 is 0 Å². The Morgan fingerprint density at radius 2 is 1.87 bits per heavy atom. The van der Waals surface area contributed by atoms with Gasteiger partial charge in [-0.1, -0.05) is 33.1 Å². The molecule has 0 radical (unpaired) electrons. The first-order valence-corrected chi connectivity index (χ1v) is 11.4. The van der Waals surface area contributed by atoms with E-state index in [1.165, 1.54) is 6.42 Å². The van der Waals surface area contributed by atoms with Gasteiger partial charge in [-0.25, -0.2) is 4.79 Å². The summed E-state index contributed by atoms with van der Waals surface area (Å²) in [5.41, 5.74) is -0.944. The van der Waals surface area contributed by atoms with Crippen molar-refractivity contribution >= 4 is 12.0 Å². The zero-order valence-electron chi connectivity index (χ0n) is 18.5. The minimum Gasteiger partial charge on any atom is -0.436 e. The fourth-order valence-electron chi connectivity index (χ4n) is 4.88. The van der Waals surface area contributed by atoms with Crippen molar-refractivity contribution in [3.8, 4) is 6.07 Å². The van der Waals surface area contributed by atoms with E-state index in [0.717, 1.165) is 38.8 Å². The van der Waals surface area contributed by atoms with E-state index in [1.807, 2.05) is 6.92 Å².